The molecule has 112 valence electrons. The molecule has 0 aliphatic carbocycles. The van der Waals surface area contributed by atoms with Crippen LogP contribution in [0.5, 0.6) is 0 Å². The van der Waals surface area contributed by atoms with Gasteiger partial charge in [-0.1, -0.05) is 5.16 Å². The standard InChI is InChI=1S/C13H23N5O2/c1-17-4-5-18(2)10(8-17)7-12-15-13(20-16-12)11-9-19-6-3-14-11/h10-11,14H,3-9H2,1-2H3. The van der Waals surface area contributed by atoms with Crippen LogP contribution in [-0.2, 0) is 11.2 Å². The number of morpholine rings is 1. The summed E-state index contributed by atoms with van der Waals surface area (Å²) in [6.07, 6.45) is 0.831. The molecule has 0 bridgehead atoms. The first kappa shape index (κ1) is 13.9. The van der Waals surface area contributed by atoms with Crippen molar-refractivity contribution in [1.29, 1.82) is 0 Å². The number of aromatic nitrogens is 2. The topological polar surface area (TPSA) is 66.7 Å². The zero-order chi connectivity index (χ0) is 13.9. The van der Waals surface area contributed by atoms with Gasteiger partial charge in [0.1, 0.15) is 6.04 Å². The van der Waals surface area contributed by atoms with Crippen LogP contribution in [0.15, 0.2) is 4.52 Å². The minimum atomic E-state index is 0.0387. The molecule has 2 aliphatic rings. The first-order chi connectivity index (χ1) is 9.72. The highest BCUT2D eigenvalue weighted by molar-refractivity contribution is 4.97. The number of nitrogens with one attached hydrogen (secondary N) is 1. The van der Waals surface area contributed by atoms with E-state index in [2.05, 4.69) is 39.4 Å². The lowest BCUT2D eigenvalue weighted by Crippen LogP contribution is -2.50. The van der Waals surface area contributed by atoms with Crippen molar-refractivity contribution in [3.05, 3.63) is 11.7 Å². The molecule has 2 aliphatic heterocycles. The summed E-state index contributed by atoms with van der Waals surface area (Å²) < 4.78 is 10.8. The summed E-state index contributed by atoms with van der Waals surface area (Å²) >= 11 is 0. The van der Waals surface area contributed by atoms with Crippen molar-refractivity contribution in [3.63, 3.8) is 0 Å². The maximum atomic E-state index is 5.42. The minimum absolute atomic E-state index is 0.0387. The number of nitrogens with zero attached hydrogens (tertiary/aromatic N) is 4. The van der Waals surface area contributed by atoms with Crippen LogP contribution in [0.2, 0.25) is 0 Å². The second-order valence-corrected chi connectivity index (χ2v) is 5.73. The molecular formula is C13H23N5O2. The van der Waals surface area contributed by atoms with Crippen molar-refractivity contribution in [1.82, 2.24) is 25.3 Å². The third kappa shape index (κ3) is 3.17. The van der Waals surface area contributed by atoms with Gasteiger partial charge in [-0.3, -0.25) is 0 Å². The van der Waals surface area contributed by atoms with Gasteiger partial charge in [-0.25, -0.2) is 0 Å². The maximum Gasteiger partial charge on any atom is 0.246 e. The third-order valence-electron chi connectivity index (χ3n) is 4.10. The summed E-state index contributed by atoms with van der Waals surface area (Å²) in [4.78, 5) is 9.24. The molecule has 0 saturated carbocycles. The Kier molecular flexibility index (Phi) is 4.30. The van der Waals surface area contributed by atoms with Crippen LogP contribution < -0.4 is 5.32 Å². The molecule has 7 heteroatoms. The normalized spacial score (nSPS) is 29.7. The predicted molar refractivity (Wildman–Crippen MR) is 73.5 cm³/mol. The summed E-state index contributed by atoms with van der Waals surface area (Å²) in [5.41, 5.74) is 0. The molecule has 0 aromatic carbocycles. The molecule has 2 saturated heterocycles. The highest BCUT2D eigenvalue weighted by Crippen LogP contribution is 2.16. The van der Waals surface area contributed by atoms with E-state index in [1.807, 2.05) is 0 Å². The van der Waals surface area contributed by atoms with Gasteiger partial charge in [-0.05, 0) is 14.1 Å². The van der Waals surface area contributed by atoms with E-state index >= 15 is 0 Å². The first-order valence-electron chi connectivity index (χ1n) is 7.25. The molecule has 1 N–H and O–H groups in total. The Labute approximate surface area is 119 Å². The van der Waals surface area contributed by atoms with Gasteiger partial charge in [0, 0.05) is 38.6 Å². The number of rotatable bonds is 3. The molecule has 2 fully saturated rings. The highest BCUT2D eigenvalue weighted by Gasteiger charge is 2.26. The van der Waals surface area contributed by atoms with E-state index in [9.17, 15) is 0 Å². The van der Waals surface area contributed by atoms with E-state index in [0.717, 1.165) is 45.0 Å². The van der Waals surface area contributed by atoms with Gasteiger partial charge >= 0.3 is 0 Å². The van der Waals surface area contributed by atoms with E-state index in [0.29, 0.717) is 18.5 Å². The molecule has 0 radical (unpaired) electrons. The Morgan fingerprint density at radius 2 is 2.25 bits per heavy atom. The molecule has 2 unspecified atom stereocenters. The van der Waals surface area contributed by atoms with Gasteiger partial charge in [0.05, 0.1) is 13.2 Å². The fourth-order valence-corrected chi connectivity index (χ4v) is 2.75. The summed E-state index contributed by atoms with van der Waals surface area (Å²) in [5, 5.41) is 7.45. The number of likely N-dealkylation sites (N-methyl/N-ethyl adjacent to an activating group) is 2. The van der Waals surface area contributed by atoms with Crippen molar-refractivity contribution in [2.75, 3.05) is 53.5 Å². The van der Waals surface area contributed by atoms with E-state index in [1.54, 1.807) is 0 Å². The Morgan fingerprint density at radius 1 is 1.35 bits per heavy atom. The van der Waals surface area contributed by atoms with E-state index in [4.69, 9.17) is 9.26 Å². The number of ether oxygens (including phenoxy) is 1. The molecule has 20 heavy (non-hydrogen) atoms. The first-order valence-corrected chi connectivity index (χ1v) is 7.25. The van der Waals surface area contributed by atoms with Crippen LogP contribution in [0.1, 0.15) is 17.8 Å². The quantitative estimate of drug-likeness (QED) is 0.802. The Bertz CT molecular complexity index is 432. The molecule has 0 spiro atoms. The fraction of sp³-hybridized carbons (Fsp3) is 0.846. The van der Waals surface area contributed by atoms with E-state index in [-0.39, 0.29) is 6.04 Å². The number of hydrogen-bond acceptors (Lipinski definition) is 7. The van der Waals surface area contributed by atoms with Crippen LogP contribution in [-0.4, -0.2) is 79.5 Å². The SMILES string of the molecule is CN1CCN(C)C(Cc2noc(C3COCCN3)n2)C1. The smallest absolute Gasteiger partial charge is 0.246 e. The van der Waals surface area contributed by atoms with Crippen LogP contribution in [0.3, 0.4) is 0 Å². The van der Waals surface area contributed by atoms with Crippen LogP contribution in [0.25, 0.3) is 0 Å². The molecule has 7 nitrogen and oxygen atoms in total. The molecule has 3 rings (SSSR count). The van der Waals surface area contributed by atoms with Crippen LogP contribution in [0.4, 0.5) is 0 Å². The van der Waals surface area contributed by atoms with Crippen molar-refractivity contribution in [2.24, 2.45) is 0 Å². The monoisotopic (exact) mass is 281 g/mol. The van der Waals surface area contributed by atoms with Gasteiger partial charge in [-0.2, -0.15) is 4.98 Å². The second-order valence-electron chi connectivity index (χ2n) is 5.73. The number of hydrogen-bond donors (Lipinski definition) is 1. The van der Waals surface area contributed by atoms with Crippen LogP contribution in [0, 0.1) is 0 Å². The molecule has 3 heterocycles. The lowest BCUT2D eigenvalue weighted by Gasteiger charge is -2.37. The summed E-state index contributed by atoms with van der Waals surface area (Å²) in [6.45, 7) is 5.44. The van der Waals surface area contributed by atoms with Gasteiger partial charge in [0.15, 0.2) is 5.82 Å². The second kappa shape index (κ2) is 6.17. The summed E-state index contributed by atoms with van der Waals surface area (Å²) in [7, 11) is 4.32. The van der Waals surface area contributed by atoms with Crippen LogP contribution >= 0.6 is 0 Å². The average molecular weight is 281 g/mol. The Balaban J connectivity index is 1.61. The van der Waals surface area contributed by atoms with Crippen molar-refractivity contribution >= 4 is 0 Å². The number of piperazine rings is 1. The summed E-state index contributed by atoms with van der Waals surface area (Å²) in [6, 6.07) is 0.492. The maximum absolute atomic E-state index is 5.42. The van der Waals surface area contributed by atoms with Crippen molar-refractivity contribution in [2.45, 2.75) is 18.5 Å². The molecule has 2 atom stereocenters. The fourth-order valence-electron chi connectivity index (χ4n) is 2.75. The lowest BCUT2D eigenvalue weighted by atomic mass is 10.1. The largest absolute Gasteiger partial charge is 0.378 e. The molecular weight excluding hydrogens is 258 g/mol. The van der Waals surface area contributed by atoms with E-state index in [1.165, 1.54) is 0 Å². The highest BCUT2D eigenvalue weighted by atomic mass is 16.5. The predicted octanol–water partition coefficient (Wildman–Crippen LogP) is -0.481. The van der Waals surface area contributed by atoms with Crippen molar-refractivity contribution in [3.8, 4) is 0 Å². The van der Waals surface area contributed by atoms with Gasteiger partial charge in [0.25, 0.3) is 0 Å². The summed E-state index contributed by atoms with van der Waals surface area (Å²) in [5.74, 6) is 1.44. The zero-order valence-corrected chi connectivity index (χ0v) is 12.2. The molecule has 0 amide bonds. The zero-order valence-electron chi connectivity index (χ0n) is 12.2. The Hall–Kier alpha value is -1.02. The third-order valence-corrected chi connectivity index (χ3v) is 4.10. The Morgan fingerprint density at radius 3 is 3.05 bits per heavy atom. The molecule has 1 aromatic rings. The van der Waals surface area contributed by atoms with Gasteiger partial charge in [0.2, 0.25) is 5.89 Å². The van der Waals surface area contributed by atoms with Gasteiger partial charge < -0.3 is 24.4 Å². The van der Waals surface area contributed by atoms with E-state index < -0.39 is 0 Å². The average Bonchev–Trinajstić information content (AvgIpc) is 2.92. The minimum Gasteiger partial charge on any atom is -0.378 e. The van der Waals surface area contributed by atoms with Gasteiger partial charge in [-0.15, -0.1) is 0 Å². The molecule has 1 aromatic heterocycles. The lowest BCUT2D eigenvalue weighted by molar-refractivity contribution is 0.0659. The van der Waals surface area contributed by atoms with Crippen molar-refractivity contribution < 1.29 is 9.26 Å².